The lowest BCUT2D eigenvalue weighted by atomic mass is 10.0. The van der Waals surface area contributed by atoms with E-state index in [4.69, 9.17) is 0 Å². The molecule has 136 valence electrons. The molecule has 0 bridgehead atoms. The Balaban J connectivity index is 2.09. The molecule has 0 fully saturated rings. The van der Waals surface area contributed by atoms with Gasteiger partial charge in [-0.25, -0.2) is 0 Å². The highest BCUT2D eigenvalue weighted by molar-refractivity contribution is 7.75. The van der Waals surface area contributed by atoms with Gasteiger partial charge in [0.15, 0.2) is 19.0 Å². The maximum atomic E-state index is 10.6. The molecule has 1 aromatic rings. The lowest BCUT2D eigenvalue weighted by molar-refractivity contribution is -0.384. The van der Waals surface area contributed by atoms with Crippen LogP contribution >= 0.6 is 7.26 Å². The van der Waals surface area contributed by atoms with Crippen molar-refractivity contribution in [2.24, 2.45) is 0 Å². The first-order chi connectivity index (χ1) is 11.6. The smallest absolute Gasteiger partial charge is 0.269 e. The van der Waals surface area contributed by atoms with E-state index in [9.17, 15) is 25.4 Å². The third kappa shape index (κ3) is 7.22. The first kappa shape index (κ1) is 21.0. The number of aliphatic hydroxyl groups excluding tert-OH is 3. The van der Waals surface area contributed by atoms with Crippen LogP contribution < -0.4 is 0 Å². The monoisotopic (exact) mass is 358 g/mol. The summed E-state index contributed by atoms with van der Waals surface area (Å²) in [7, 11) is -1.93. The normalized spacial score (nSPS) is 11.6. The number of aryl methyl sites for hydroxylation is 1. The summed E-state index contributed by atoms with van der Waals surface area (Å²) in [5.74, 6) is 0. The minimum absolute atomic E-state index is 0.0742. The summed E-state index contributed by atoms with van der Waals surface area (Å²) in [5.41, 5.74) is 1.26. The number of nitrogens with zero attached hydrogens (tertiary/aromatic N) is 1. The first-order valence-electron chi connectivity index (χ1n) is 8.48. The highest BCUT2D eigenvalue weighted by atomic mass is 31.2. The van der Waals surface area contributed by atoms with Crippen molar-refractivity contribution >= 4 is 12.9 Å². The second kappa shape index (κ2) is 11.5. The molecule has 0 aliphatic heterocycles. The van der Waals surface area contributed by atoms with Gasteiger partial charge in [0.25, 0.3) is 5.69 Å². The van der Waals surface area contributed by atoms with Crippen LogP contribution in [-0.2, 0) is 6.42 Å². The van der Waals surface area contributed by atoms with Crippen LogP contribution in [0.3, 0.4) is 0 Å². The van der Waals surface area contributed by atoms with E-state index in [1.807, 2.05) is 12.1 Å². The fraction of sp³-hybridized carbons (Fsp3) is 0.647. The summed E-state index contributed by atoms with van der Waals surface area (Å²) in [6.07, 6.45) is 7.90. The average molecular weight is 358 g/mol. The van der Waals surface area contributed by atoms with Gasteiger partial charge in [-0.15, -0.1) is 0 Å². The van der Waals surface area contributed by atoms with E-state index in [1.54, 1.807) is 12.1 Å². The summed E-state index contributed by atoms with van der Waals surface area (Å²) >= 11 is 0. The molecule has 1 aromatic carbocycles. The molecule has 6 nitrogen and oxygen atoms in total. The van der Waals surface area contributed by atoms with Gasteiger partial charge in [-0.05, 0) is 31.2 Å². The zero-order valence-corrected chi connectivity index (χ0v) is 15.0. The van der Waals surface area contributed by atoms with Gasteiger partial charge >= 0.3 is 0 Å². The van der Waals surface area contributed by atoms with Crippen LogP contribution in [0.2, 0.25) is 0 Å². The Bertz CT molecular complexity index is 468. The molecule has 24 heavy (non-hydrogen) atoms. The quantitative estimate of drug-likeness (QED) is 0.217. The van der Waals surface area contributed by atoms with Gasteiger partial charge in [0.2, 0.25) is 0 Å². The van der Waals surface area contributed by atoms with E-state index in [2.05, 4.69) is 0 Å². The molecular formula is C17H29NO5P+. The fourth-order valence-corrected chi connectivity index (χ4v) is 4.20. The predicted octanol–water partition coefficient (Wildman–Crippen LogP) is 3.34. The molecule has 0 unspecified atom stereocenters. The number of hydrogen-bond donors (Lipinski definition) is 3. The fourth-order valence-electron chi connectivity index (χ4n) is 2.61. The zero-order valence-electron chi connectivity index (χ0n) is 14.1. The Morgan fingerprint density at radius 1 is 0.833 bits per heavy atom. The molecule has 0 spiro atoms. The van der Waals surface area contributed by atoms with Gasteiger partial charge in [0.05, 0.1) is 18.3 Å². The minimum atomic E-state index is -1.93. The standard InChI is InChI=1S/C17H29NO5P/c19-13-24(14-20,15-21)12-6-4-2-1-3-5-7-16-8-10-17(11-9-16)18(22)23/h8-11,19-21H,1-7,12-15H2/q+1. The Labute approximate surface area is 144 Å². The maximum Gasteiger partial charge on any atom is 0.269 e. The topological polar surface area (TPSA) is 104 Å². The minimum Gasteiger partial charge on any atom is -0.362 e. The number of rotatable bonds is 13. The van der Waals surface area contributed by atoms with E-state index in [-0.39, 0.29) is 29.7 Å². The van der Waals surface area contributed by atoms with Crippen LogP contribution in [0.1, 0.15) is 44.1 Å². The van der Waals surface area contributed by atoms with Crippen molar-refractivity contribution in [3.63, 3.8) is 0 Å². The Morgan fingerprint density at radius 2 is 1.33 bits per heavy atom. The van der Waals surface area contributed by atoms with Crippen LogP contribution in [0.25, 0.3) is 0 Å². The third-order valence-electron chi connectivity index (χ3n) is 4.40. The lowest BCUT2D eigenvalue weighted by Crippen LogP contribution is -2.11. The molecule has 0 aliphatic carbocycles. The second-order valence-electron chi connectivity index (χ2n) is 6.28. The molecule has 0 aliphatic rings. The van der Waals surface area contributed by atoms with E-state index >= 15 is 0 Å². The molecule has 0 atom stereocenters. The summed E-state index contributed by atoms with van der Waals surface area (Å²) in [5, 5.41) is 38.5. The van der Waals surface area contributed by atoms with Gasteiger partial charge in [0.1, 0.15) is 0 Å². The van der Waals surface area contributed by atoms with Gasteiger partial charge in [-0.2, -0.15) is 0 Å². The van der Waals surface area contributed by atoms with Crippen molar-refractivity contribution in [3.05, 3.63) is 39.9 Å². The summed E-state index contributed by atoms with van der Waals surface area (Å²) in [6.45, 7) is 0. The van der Waals surface area contributed by atoms with E-state index in [0.717, 1.165) is 56.7 Å². The van der Waals surface area contributed by atoms with Crippen LogP contribution in [0.15, 0.2) is 24.3 Å². The molecule has 7 heteroatoms. The predicted molar refractivity (Wildman–Crippen MR) is 97.5 cm³/mol. The van der Waals surface area contributed by atoms with Crippen LogP contribution in [0, 0.1) is 10.1 Å². The van der Waals surface area contributed by atoms with E-state index in [0.29, 0.717) is 0 Å². The molecule has 0 radical (unpaired) electrons. The van der Waals surface area contributed by atoms with Gasteiger partial charge < -0.3 is 15.3 Å². The van der Waals surface area contributed by atoms with Crippen LogP contribution in [0.4, 0.5) is 5.69 Å². The van der Waals surface area contributed by atoms with Gasteiger partial charge in [0, 0.05) is 12.1 Å². The van der Waals surface area contributed by atoms with Crippen molar-refractivity contribution in [3.8, 4) is 0 Å². The number of aliphatic hydroxyl groups is 3. The molecule has 3 N–H and O–H groups in total. The Morgan fingerprint density at radius 3 is 1.83 bits per heavy atom. The maximum absolute atomic E-state index is 10.6. The van der Waals surface area contributed by atoms with Gasteiger partial charge in [-0.1, -0.05) is 31.4 Å². The Kier molecular flexibility index (Phi) is 10.0. The molecule has 1 rings (SSSR count). The number of unbranched alkanes of at least 4 members (excludes halogenated alkanes) is 5. The number of nitro groups is 1. The first-order valence-corrected chi connectivity index (χ1v) is 11.0. The summed E-state index contributed by atoms with van der Waals surface area (Å²) < 4.78 is 0. The Hall–Kier alpha value is -1.07. The summed E-state index contributed by atoms with van der Waals surface area (Å²) in [4.78, 5) is 10.2. The number of benzene rings is 1. The van der Waals surface area contributed by atoms with Crippen molar-refractivity contribution < 1.29 is 20.2 Å². The number of hydrogen-bond acceptors (Lipinski definition) is 5. The third-order valence-corrected chi connectivity index (χ3v) is 7.46. The zero-order chi connectivity index (χ0) is 17.8. The molecule has 0 heterocycles. The molecule has 0 saturated carbocycles. The largest absolute Gasteiger partial charge is 0.362 e. The number of non-ortho nitro benzene ring substituents is 1. The van der Waals surface area contributed by atoms with Crippen molar-refractivity contribution in [1.82, 2.24) is 0 Å². The lowest BCUT2D eigenvalue weighted by Gasteiger charge is -2.19. The highest BCUT2D eigenvalue weighted by Gasteiger charge is 2.34. The van der Waals surface area contributed by atoms with Crippen molar-refractivity contribution in [2.45, 2.75) is 44.9 Å². The van der Waals surface area contributed by atoms with E-state index in [1.165, 1.54) is 0 Å². The summed E-state index contributed by atoms with van der Waals surface area (Å²) in [6, 6.07) is 6.74. The molecule has 0 amide bonds. The number of nitro benzene ring substituents is 1. The molecule has 0 saturated heterocycles. The highest BCUT2D eigenvalue weighted by Crippen LogP contribution is 2.56. The average Bonchev–Trinajstić information content (AvgIpc) is 2.61. The SMILES string of the molecule is O=[N+]([O-])c1ccc(CCCCCCCC[P+](CO)(CO)CO)cc1. The van der Waals surface area contributed by atoms with Crippen molar-refractivity contribution in [2.75, 3.05) is 25.2 Å². The van der Waals surface area contributed by atoms with Crippen LogP contribution in [-0.4, -0.2) is 45.4 Å². The molecule has 0 aromatic heterocycles. The van der Waals surface area contributed by atoms with Gasteiger partial charge in [-0.3, -0.25) is 10.1 Å². The molecular weight excluding hydrogens is 329 g/mol. The van der Waals surface area contributed by atoms with Crippen LogP contribution in [0.5, 0.6) is 0 Å². The second-order valence-corrected chi connectivity index (χ2v) is 10.3. The van der Waals surface area contributed by atoms with Crippen molar-refractivity contribution in [1.29, 1.82) is 0 Å². The van der Waals surface area contributed by atoms with E-state index < -0.39 is 7.26 Å².